The zero-order valence-electron chi connectivity index (χ0n) is 9.82. The first-order valence-corrected chi connectivity index (χ1v) is 5.26. The predicted octanol–water partition coefficient (Wildman–Crippen LogP) is 1.68. The fourth-order valence-electron chi connectivity index (χ4n) is 1.71. The lowest BCUT2D eigenvalue weighted by Gasteiger charge is -2.41. The standard InChI is InChI=1S/C11H20N2O2/c1-5-15-10(14)12-6-8-13(9-7-12)11(2,3)4/h5H,1,6-9H2,2-4H3. The van der Waals surface area contributed by atoms with Gasteiger partial charge in [-0.15, -0.1) is 0 Å². The van der Waals surface area contributed by atoms with Gasteiger partial charge in [-0.05, 0) is 20.8 Å². The number of piperazine rings is 1. The minimum Gasteiger partial charge on any atom is -0.419 e. The van der Waals surface area contributed by atoms with Gasteiger partial charge in [-0.2, -0.15) is 0 Å². The van der Waals surface area contributed by atoms with E-state index in [2.05, 4.69) is 32.3 Å². The topological polar surface area (TPSA) is 32.8 Å². The lowest BCUT2D eigenvalue weighted by Crippen LogP contribution is -2.54. The first-order chi connectivity index (χ1) is 6.95. The van der Waals surface area contributed by atoms with Gasteiger partial charge in [-0.1, -0.05) is 6.58 Å². The summed E-state index contributed by atoms with van der Waals surface area (Å²) in [5.41, 5.74) is 0.175. The highest BCUT2D eigenvalue weighted by Crippen LogP contribution is 2.15. The third kappa shape index (κ3) is 3.23. The van der Waals surface area contributed by atoms with Crippen LogP contribution in [0, 0.1) is 0 Å². The molecule has 0 bridgehead atoms. The van der Waals surface area contributed by atoms with E-state index < -0.39 is 0 Å². The van der Waals surface area contributed by atoms with Gasteiger partial charge < -0.3 is 9.64 Å². The molecule has 1 heterocycles. The molecule has 0 aromatic heterocycles. The summed E-state index contributed by atoms with van der Waals surface area (Å²) in [6.45, 7) is 13.2. The fourth-order valence-corrected chi connectivity index (χ4v) is 1.71. The van der Waals surface area contributed by atoms with E-state index in [1.165, 1.54) is 6.26 Å². The highest BCUT2D eigenvalue weighted by molar-refractivity contribution is 5.68. The van der Waals surface area contributed by atoms with E-state index >= 15 is 0 Å². The van der Waals surface area contributed by atoms with Crippen LogP contribution < -0.4 is 0 Å². The monoisotopic (exact) mass is 212 g/mol. The molecular weight excluding hydrogens is 192 g/mol. The van der Waals surface area contributed by atoms with Gasteiger partial charge in [0.2, 0.25) is 0 Å². The molecule has 0 radical (unpaired) electrons. The van der Waals surface area contributed by atoms with Gasteiger partial charge in [0.05, 0.1) is 6.26 Å². The molecule has 1 aliphatic rings. The van der Waals surface area contributed by atoms with Crippen LogP contribution in [0.4, 0.5) is 4.79 Å². The molecule has 0 unspecified atom stereocenters. The lowest BCUT2D eigenvalue weighted by atomic mass is 10.1. The summed E-state index contributed by atoms with van der Waals surface area (Å²) in [4.78, 5) is 15.4. The van der Waals surface area contributed by atoms with E-state index in [-0.39, 0.29) is 11.6 Å². The average Bonchev–Trinajstić information content (AvgIpc) is 2.17. The van der Waals surface area contributed by atoms with Crippen molar-refractivity contribution in [2.75, 3.05) is 26.2 Å². The number of ether oxygens (including phenoxy) is 1. The molecular formula is C11H20N2O2. The SMILES string of the molecule is C=COC(=O)N1CCN(C(C)(C)C)CC1. The number of carbonyl (C=O) groups is 1. The number of rotatable bonds is 1. The second-order valence-corrected chi connectivity index (χ2v) is 4.70. The Morgan fingerprint density at radius 2 is 1.80 bits per heavy atom. The molecule has 0 N–H and O–H groups in total. The molecule has 0 saturated carbocycles. The van der Waals surface area contributed by atoms with Crippen LogP contribution in [0.2, 0.25) is 0 Å². The normalized spacial score (nSPS) is 18.7. The zero-order valence-corrected chi connectivity index (χ0v) is 9.82. The molecule has 4 nitrogen and oxygen atoms in total. The lowest BCUT2D eigenvalue weighted by molar-refractivity contribution is 0.0578. The highest BCUT2D eigenvalue weighted by Gasteiger charge is 2.27. The van der Waals surface area contributed by atoms with Crippen LogP contribution in [0.15, 0.2) is 12.8 Å². The fraction of sp³-hybridized carbons (Fsp3) is 0.727. The van der Waals surface area contributed by atoms with Crippen molar-refractivity contribution in [2.24, 2.45) is 0 Å². The molecule has 0 atom stereocenters. The van der Waals surface area contributed by atoms with Crippen LogP contribution in [0.5, 0.6) is 0 Å². The van der Waals surface area contributed by atoms with Crippen molar-refractivity contribution in [1.82, 2.24) is 9.80 Å². The molecule has 0 aliphatic carbocycles. The summed E-state index contributed by atoms with van der Waals surface area (Å²) in [5.74, 6) is 0. The molecule has 4 heteroatoms. The second-order valence-electron chi connectivity index (χ2n) is 4.70. The maximum absolute atomic E-state index is 11.4. The van der Waals surface area contributed by atoms with Crippen molar-refractivity contribution in [2.45, 2.75) is 26.3 Å². The molecule has 1 saturated heterocycles. The van der Waals surface area contributed by atoms with Gasteiger partial charge in [0, 0.05) is 31.7 Å². The van der Waals surface area contributed by atoms with E-state index in [4.69, 9.17) is 4.74 Å². The van der Waals surface area contributed by atoms with Gasteiger partial charge in [0.25, 0.3) is 0 Å². The summed E-state index contributed by atoms with van der Waals surface area (Å²) < 4.78 is 4.73. The smallest absolute Gasteiger partial charge is 0.414 e. The van der Waals surface area contributed by atoms with Crippen molar-refractivity contribution in [3.05, 3.63) is 12.8 Å². The van der Waals surface area contributed by atoms with Crippen LogP contribution in [0.1, 0.15) is 20.8 Å². The van der Waals surface area contributed by atoms with Gasteiger partial charge in [-0.25, -0.2) is 4.79 Å². The number of hydrogen-bond acceptors (Lipinski definition) is 3. The van der Waals surface area contributed by atoms with Gasteiger partial charge in [0.1, 0.15) is 0 Å². The van der Waals surface area contributed by atoms with Gasteiger partial charge in [-0.3, -0.25) is 4.90 Å². The van der Waals surface area contributed by atoms with E-state index in [1.54, 1.807) is 4.90 Å². The summed E-state index contributed by atoms with van der Waals surface area (Å²) in [7, 11) is 0. The van der Waals surface area contributed by atoms with Crippen molar-refractivity contribution in [3.63, 3.8) is 0 Å². The Morgan fingerprint density at radius 1 is 1.27 bits per heavy atom. The summed E-state index contributed by atoms with van der Waals surface area (Å²) in [6.07, 6.45) is 0.886. The first kappa shape index (κ1) is 12.0. The average molecular weight is 212 g/mol. The number of nitrogens with zero attached hydrogens (tertiary/aromatic N) is 2. The Balaban J connectivity index is 2.42. The molecule has 0 aromatic rings. The quantitative estimate of drug-likeness (QED) is 0.620. The highest BCUT2D eigenvalue weighted by atomic mass is 16.5. The molecule has 1 aliphatic heterocycles. The molecule has 0 spiro atoms. The van der Waals surface area contributed by atoms with Crippen LogP contribution in [0.3, 0.4) is 0 Å². The summed E-state index contributed by atoms with van der Waals surface area (Å²) >= 11 is 0. The van der Waals surface area contributed by atoms with Gasteiger partial charge >= 0.3 is 6.09 Å². The van der Waals surface area contributed by atoms with Crippen LogP contribution in [-0.4, -0.2) is 47.6 Å². The van der Waals surface area contributed by atoms with E-state index in [9.17, 15) is 4.79 Å². The molecule has 0 aromatic carbocycles. The Morgan fingerprint density at radius 3 is 2.20 bits per heavy atom. The third-order valence-corrected chi connectivity index (χ3v) is 2.67. The largest absolute Gasteiger partial charge is 0.419 e. The Kier molecular flexibility index (Phi) is 3.74. The molecule has 1 fully saturated rings. The summed E-state index contributed by atoms with van der Waals surface area (Å²) in [5, 5.41) is 0. The van der Waals surface area contributed by atoms with Crippen molar-refractivity contribution >= 4 is 6.09 Å². The van der Waals surface area contributed by atoms with Crippen LogP contribution >= 0.6 is 0 Å². The third-order valence-electron chi connectivity index (χ3n) is 2.67. The first-order valence-electron chi connectivity index (χ1n) is 5.26. The van der Waals surface area contributed by atoms with Crippen molar-refractivity contribution in [3.8, 4) is 0 Å². The Hall–Kier alpha value is -1.03. The maximum Gasteiger partial charge on any atom is 0.414 e. The van der Waals surface area contributed by atoms with E-state index in [1.807, 2.05) is 0 Å². The maximum atomic E-state index is 11.4. The molecule has 1 amide bonds. The predicted molar refractivity (Wildman–Crippen MR) is 59.6 cm³/mol. The number of carbonyl (C=O) groups excluding carboxylic acids is 1. The molecule has 1 rings (SSSR count). The Labute approximate surface area is 91.5 Å². The summed E-state index contributed by atoms with van der Waals surface area (Å²) in [6, 6.07) is 0. The van der Waals surface area contributed by atoms with E-state index in [0.29, 0.717) is 0 Å². The minimum absolute atomic E-state index is 0.175. The number of amides is 1. The van der Waals surface area contributed by atoms with Crippen molar-refractivity contribution in [1.29, 1.82) is 0 Å². The van der Waals surface area contributed by atoms with Gasteiger partial charge in [0.15, 0.2) is 0 Å². The van der Waals surface area contributed by atoms with Crippen LogP contribution in [-0.2, 0) is 4.74 Å². The molecule has 15 heavy (non-hydrogen) atoms. The van der Waals surface area contributed by atoms with Crippen molar-refractivity contribution < 1.29 is 9.53 Å². The molecule has 86 valence electrons. The minimum atomic E-state index is -0.293. The zero-order chi connectivity index (χ0) is 11.5. The Bertz CT molecular complexity index is 237. The number of hydrogen-bond donors (Lipinski definition) is 0. The van der Waals surface area contributed by atoms with E-state index in [0.717, 1.165) is 26.2 Å². The van der Waals surface area contributed by atoms with Crippen LogP contribution in [0.25, 0.3) is 0 Å². The second kappa shape index (κ2) is 4.66.